The van der Waals surface area contributed by atoms with E-state index < -0.39 is 0 Å². The summed E-state index contributed by atoms with van der Waals surface area (Å²) in [5.74, 6) is -0.0488. The normalized spacial score (nSPS) is 10.4. The smallest absolute Gasteiger partial charge is 0.272 e. The van der Waals surface area contributed by atoms with Crippen LogP contribution in [-0.4, -0.2) is 15.6 Å². The number of benzene rings is 1. The SMILES string of the molecule is Cc1ccc(NC(=O)c2cc(Br)cn2C)cc1O. The fraction of sp³-hybridized carbons (Fsp3) is 0.154. The van der Waals surface area contributed by atoms with Gasteiger partial charge in [0.1, 0.15) is 11.4 Å². The molecule has 1 amide bonds. The highest BCUT2D eigenvalue weighted by molar-refractivity contribution is 9.10. The lowest BCUT2D eigenvalue weighted by Crippen LogP contribution is -2.15. The van der Waals surface area contributed by atoms with Crippen molar-refractivity contribution in [1.29, 1.82) is 0 Å². The first kappa shape index (κ1) is 12.7. The van der Waals surface area contributed by atoms with E-state index in [1.807, 2.05) is 6.20 Å². The van der Waals surface area contributed by atoms with Gasteiger partial charge in [-0.3, -0.25) is 4.79 Å². The van der Waals surface area contributed by atoms with Crippen molar-refractivity contribution in [3.05, 3.63) is 46.2 Å². The molecular formula is C13H13BrN2O2. The van der Waals surface area contributed by atoms with Crippen molar-refractivity contribution in [2.24, 2.45) is 7.05 Å². The molecule has 0 fully saturated rings. The maximum Gasteiger partial charge on any atom is 0.272 e. The van der Waals surface area contributed by atoms with Crippen LogP contribution in [0.15, 0.2) is 34.9 Å². The quantitative estimate of drug-likeness (QED) is 0.896. The van der Waals surface area contributed by atoms with Crippen LogP contribution in [0.3, 0.4) is 0 Å². The van der Waals surface area contributed by atoms with Crippen LogP contribution in [0.1, 0.15) is 16.1 Å². The summed E-state index contributed by atoms with van der Waals surface area (Å²) in [6, 6.07) is 6.78. The van der Waals surface area contributed by atoms with Gasteiger partial charge in [-0.1, -0.05) is 6.07 Å². The molecule has 0 bridgehead atoms. The standard InChI is InChI=1S/C13H13BrN2O2/c1-8-3-4-10(6-12(8)17)15-13(18)11-5-9(14)7-16(11)2/h3-7,17H,1-2H3,(H,15,18). The molecule has 0 atom stereocenters. The summed E-state index contributed by atoms with van der Waals surface area (Å²) in [6.45, 7) is 1.80. The number of hydrogen-bond donors (Lipinski definition) is 2. The highest BCUT2D eigenvalue weighted by Gasteiger charge is 2.11. The van der Waals surface area contributed by atoms with Crippen molar-refractivity contribution in [2.45, 2.75) is 6.92 Å². The summed E-state index contributed by atoms with van der Waals surface area (Å²) in [5.41, 5.74) is 1.89. The first-order valence-corrected chi connectivity index (χ1v) is 6.19. The second-order valence-corrected chi connectivity index (χ2v) is 5.03. The largest absolute Gasteiger partial charge is 0.508 e. The van der Waals surface area contributed by atoms with Crippen LogP contribution >= 0.6 is 15.9 Å². The molecule has 0 aliphatic heterocycles. The maximum absolute atomic E-state index is 12.0. The zero-order chi connectivity index (χ0) is 13.3. The Morgan fingerprint density at radius 1 is 1.39 bits per heavy atom. The summed E-state index contributed by atoms with van der Waals surface area (Å²) in [4.78, 5) is 12.0. The van der Waals surface area contributed by atoms with Gasteiger partial charge in [-0.15, -0.1) is 0 Å². The Labute approximate surface area is 113 Å². The average molecular weight is 309 g/mol. The first-order valence-electron chi connectivity index (χ1n) is 5.40. The van der Waals surface area contributed by atoms with E-state index >= 15 is 0 Å². The van der Waals surface area contributed by atoms with Crippen molar-refractivity contribution in [3.8, 4) is 5.75 Å². The Balaban J connectivity index is 2.21. The lowest BCUT2D eigenvalue weighted by Gasteiger charge is -2.07. The van der Waals surface area contributed by atoms with Gasteiger partial charge in [-0.25, -0.2) is 0 Å². The minimum absolute atomic E-state index is 0.167. The number of phenols is 1. The van der Waals surface area contributed by atoms with Crippen LogP contribution in [0.2, 0.25) is 0 Å². The van der Waals surface area contributed by atoms with Gasteiger partial charge in [0.25, 0.3) is 5.91 Å². The second-order valence-electron chi connectivity index (χ2n) is 4.11. The Bertz CT molecular complexity index is 605. The molecule has 1 aromatic heterocycles. The summed E-state index contributed by atoms with van der Waals surface area (Å²) in [5, 5.41) is 12.3. The number of aromatic hydroxyl groups is 1. The van der Waals surface area contributed by atoms with Gasteiger partial charge < -0.3 is 15.0 Å². The number of carbonyl (C=O) groups is 1. The predicted octanol–water partition coefficient (Wildman–Crippen LogP) is 3.05. The summed E-state index contributed by atoms with van der Waals surface area (Å²) >= 11 is 3.32. The van der Waals surface area contributed by atoms with Crippen LogP contribution in [0, 0.1) is 6.92 Å². The number of aryl methyl sites for hydroxylation is 2. The number of carbonyl (C=O) groups excluding carboxylic acids is 1. The van der Waals surface area contributed by atoms with Gasteiger partial charge in [-0.2, -0.15) is 0 Å². The molecule has 0 radical (unpaired) electrons. The van der Waals surface area contributed by atoms with Crippen molar-refractivity contribution in [2.75, 3.05) is 5.32 Å². The van der Waals surface area contributed by atoms with Gasteiger partial charge in [-0.05, 0) is 40.5 Å². The average Bonchev–Trinajstić information content (AvgIpc) is 2.63. The van der Waals surface area contributed by atoms with Crippen molar-refractivity contribution < 1.29 is 9.90 Å². The number of anilines is 1. The molecule has 2 rings (SSSR count). The highest BCUT2D eigenvalue weighted by Crippen LogP contribution is 2.22. The van der Waals surface area contributed by atoms with Crippen LogP contribution in [0.5, 0.6) is 5.75 Å². The van der Waals surface area contributed by atoms with E-state index in [2.05, 4.69) is 21.2 Å². The van der Waals surface area contributed by atoms with E-state index in [1.165, 1.54) is 6.07 Å². The van der Waals surface area contributed by atoms with E-state index in [1.54, 1.807) is 36.7 Å². The molecule has 1 aromatic carbocycles. The van der Waals surface area contributed by atoms with E-state index in [0.717, 1.165) is 10.0 Å². The fourth-order valence-corrected chi connectivity index (χ4v) is 2.16. The van der Waals surface area contributed by atoms with E-state index in [-0.39, 0.29) is 11.7 Å². The summed E-state index contributed by atoms with van der Waals surface area (Å²) in [7, 11) is 1.80. The van der Waals surface area contributed by atoms with Crippen molar-refractivity contribution >= 4 is 27.5 Å². The van der Waals surface area contributed by atoms with Crippen molar-refractivity contribution in [1.82, 2.24) is 4.57 Å². The maximum atomic E-state index is 12.0. The number of rotatable bonds is 2. The number of nitrogens with one attached hydrogen (secondary N) is 1. The third-order valence-corrected chi connectivity index (χ3v) is 3.10. The van der Waals surface area contributed by atoms with Crippen LogP contribution in [0.4, 0.5) is 5.69 Å². The lowest BCUT2D eigenvalue weighted by molar-refractivity contribution is 0.101. The van der Waals surface area contributed by atoms with Crippen LogP contribution in [0.25, 0.3) is 0 Å². The Morgan fingerprint density at radius 2 is 2.11 bits per heavy atom. The summed E-state index contributed by atoms with van der Waals surface area (Å²) < 4.78 is 2.58. The number of phenolic OH excluding ortho intramolecular Hbond substituents is 1. The van der Waals surface area contributed by atoms with E-state index in [4.69, 9.17) is 0 Å². The molecule has 94 valence electrons. The molecule has 0 spiro atoms. The molecule has 0 aliphatic carbocycles. The molecule has 5 heteroatoms. The number of nitrogens with zero attached hydrogens (tertiary/aromatic N) is 1. The zero-order valence-electron chi connectivity index (χ0n) is 10.1. The molecule has 2 aromatic rings. The Hall–Kier alpha value is -1.75. The monoisotopic (exact) mass is 308 g/mol. The fourth-order valence-electron chi connectivity index (χ4n) is 1.63. The molecule has 2 N–H and O–H groups in total. The molecule has 4 nitrogen and oxygen atoms in total. The van der Waals surface area contributed by atoms with Gasteiger partial charge in [0, 0.05) is 29.5 Å². The predicted molar refractivity (Wildman–Crippen MR) is 73.9 cm³/mol. The number of halogens is 1. The topological polar surface area (TPSA) is 54.3 Å². The van der Waals surface area contributed by atoms with Gasteiger partial charge in [0.2, 0.25) is 0 Å². The van der Waals surface area contributed by atoms with E-state index in [9.17, 15) is 9.90 Å². The minimum atomic E-state index is -0.216. The third-order valence-electron chi connectivity index (χ3n) is 2.67. The number of hydrogen-bond acceptors (Lipinski definition) is 2. The zero-order valence-corrected chi connectivity index (χ0v) is 11.7. The van der Waals surface area contributed by atoms with E-state index in [0.29, 0.717) is 11.4 Å². The minimum Gasteiger partial charge on any atom is -0.508 e. The third kappa shape index (κ3) is 2.56. The molecule has 0 aliphatic rings. The molecule has 0 saturated heterocycles. The second kappa shape index (κ2) is 4.86. The van der Waals surface area contributed by atoms with Gasteiger partial charge in [0.05, 0.1) is 0 Å². The van der Waals surface area contributed by atoms with Crippen LogP contribution in [-0.2, 0) is 7.05 Å². The molecule has 0 saturated carbocycles. The molecular weight excluding hydrogens is 296 g/mol. The Kier molecular flexibility index (Phi) is 3.43. The molecule has 1 heterocycles. The lowest BCUT2D eigenvalue weighted by atomic mass is 10.2. The van der Waals surface area contributed by atoms with Crippen molar-refractivity contribution in [3.63, 3.8) is 0 Å². The molecule has 18 heavy (non-hydrogen) atoms. The molecule has 0 unspecified atom stereocenters. The van der Waals surface area contributed by atoms with Gasteiger partial charge >= 0.3 is 0 Å². The number of aromatic nitrogens is 1. The highest BCUT2D eigenvalue weighted by atomic mass is 79.9. The number of amides is 1. The first-order chi connectivity index (χ1) is 8.47. The Morgan fingerprint density at radius 3 is 2.67 bits per heavy atom. The van der Waals surface area contributed by atoms with Crippen LogP contribution < -0.4 is 5.32 Å². The van der Waals surface area contributed by atoms with Gasteiger partial charge in [0.15, 0.2) is 0 Å². The summed E-state index contributed by atoms with van der Waals surface area (Å²) in [6.07, 6.45) is 1.81.